The Bertz CT molecular complexity index is 283. The smallest absolute Gasteiger partial charge is 0.0309 e. The van der Waals surface area contributed by atoms with Crippen LogP contribution >= 0.6 is 11.8 Å². The quantitative estimate of drug-likeness (QED) is 0.845. The number of hydrogen-bond acceptors (Lipinski definition) is 3. The van der Waals surface area contributed by atoms with E-state index < -0.39 is 0 Å². The van der Waals surface area contributed by atoms with Gasteiger partial charge in [-0.3, -0.25) is 4.90 Å². The van der Waals surface area contributed by atoms with Gasteiger partial charge in [0.25, 0.3) is 0 Å². The molecule has 0 aromatic carbocycles. The highest BCUT2D eigenvalue weighted by atomic mass is 32.2. The van der Waals surface area contributed by atoms with Crippen LogP contribution in [0.4, 0.5) is 0 Å². The molecule has 0 bridgehead atoms. The fourth-order valence-electron chi connectivity index (χ4n) is 2.91. The monoisotopic (exact) mass is 270 g/mol. The number of piperazine rings is 1. The van der Waals surface area contributed by atoms with Gasteiger partial charge in [-0.05, 0) is 32.6 Å². The van der Waals surface area contributed by atoms with E-state index in [0.717, 1.165) is 12.5 Å². The predicted molar refractivity (Wildman–Crippen MR) is 82.4 cm³/mol. The van der Waals surface area contributed by atoms with Crippen LogP contribution < -0.4 is 5.32 Å². The Morgan fingerprint density at radius 3 is 2.56 bits per heavy atom. The molecule has 1 saturated heterocycles. The third kappa shape index (κ3) is 3.88. The maximum atomic E-state index is 3.80. The molecule has 1 N–H and O–H groups in total. The Balaban J connectivity index is 1.82. The Labute approximate surface area is 117 Å². The van der Waals surface area contributed by atoms with Crippen LogP contribution in [0.3, 0.4) is 0 Å². The van der Waals surface area contributed by atoms with Crippen LogP contribution in [-0.4, -0.2) is 46.6 Å². The lowest BCUT2D eigenvalue weighted by molar-refractivity contribution is 0.0894. The van der Waals surface area contributed by atoms with E-state index in [1.165, 1.54) is 31.7 Å². The van der Waals surface area contributed by atoms with E-state index in [2.05, 4.69) is 56.6 Å². The van der Waals surface area contributed by atoms with Crippen molar-refractivity contribution in [2.75, 3.05) is 25.4 Å². The van der Waals surface area contributed by atoms with E-state index >= 15 is 0 Å². The highest BCUT2D eigenvalue weighted by Gasteiger charge is 2.45. The van der Waals surface area contributed by atoms with Gasteiger partial charge in [0.05, 0.1) is 0 Å². The van der Waals surface area contributed by atoms with Gasteiger partial charge in [-0.2, -0.15) is 11.8 Å². The molecular weight excluding hydrogens is 240 g/mol. The molecule has 2 rings (SSSR count). The molecule has 1 aliphatic heterocycles. The summed E-state index contributed by atoms with van der Waals surface area (Å²) in [4.78, 5) is 2.70. The number of nitrogens with one attached hydrogen (secondary N) is 1. The van der Waals surface area contributed by atoms with Crippen molar-refractivity contribution >= 4 is 11.8 Å². The second-order valence-corrected chi connectivity index (χ2v) is 9.27. The normalized spacial score (nSPS) is 34.8. The summed E-state index contributed by atoms with van der Waals surface area (Å²) in [5, 5.41) is 3.80. The van der Waals surface area contributed by atoms with Gasteiger partial charge in [0.2, 0.25) is 0 Å². The van der Waals surface area contributed by atoms with Crippen LogP contribution in [0.25, 0.3) is 0 Å². The SMILES string of the molecule is CC1CNC(C)(C2CC2)CN1CCSC(C)(C)C. The molecule has 0 radical (unpaired) electrons. The zero-order chi connectivity index (χ0) is 13.4. The lowest BCUT2D eigenvalue weighted by Gasteiger charge is -2.46. The highest BCUT2D eigenvalue weighted by Crippen LogP contribution is 2.41. The van der Waals surface area contributed by atoms with E-state index in [-0.39, 0.29) is 0 Å². The predicted octanol–water partition coefficient (Wildman–Crippen LogP) is 2.98. The largest absolute Gasteiger partial charge is 0.308 e. The topological polar surface area (TPSA) is 15.3 Å². The molecule has 0 spiro atoms. The van der Waals surface area contributed by atoms with E-state index in [1.54, 1.807) is 0 Å². The molecule has 1 saturated carbocycles. The summed E-state index contributed by atoms with van der Waals surface area (Å²) in [7, 11) is 0. The minimum Gasteiger partial charge on any atom is -0.308 e. The Morgan fingerprint density at radius 1 is 1.33 bits per heavy atom. The molecular formula is C15H30N2S. The van der Waals surface area contributed by atoms with Crippen molar-refractivity contribution in [1.29, 1.82) is 0 Å². The first-order valence-corrected chi connectivity index (χ1v) is 8.42. The molecule has 0 amide bonds. The molecule has 2 aliphatic rings. The van der Waals surface area contributed by atoms with Crippen LogP contribution in [0.5, 0.6) is 0 Å². The van der Waals surface area contributed by atoms with Crippen molar-refractivity contribution in [1.82, 2.24) is 10.2 Å². The number of thioether (sulfide) groups is 1. The van der Waals surface area contributed by atoms with Crippen molar-refractivity contribution in [3.63, 3.8) is 0 Å². The first-order chi connectivity index (χ1) is 8.30. The van der Waals surface area contributed by atoms with Crippen LogP contribution in [0.1, 0.15) is 47.5 Å². The first kappa shape index (κ1) is 14.7. The lowest BCUT2D eigenvalue weighted by Crippen LogP contribution is -2.63. The van der Waals surface area contributed by atoms with Crippen LogP contribution in [-0.2, 0) is 0 Å². The third-order valence-electron chi connectivity index (χ3n) is 4.35. The fourth-order valence-corrected chi connectivity index (χ4v) is 3.84. The summed E-state index contributed by atoms with van der Waals surface area (Å²) < 4.78 is 0.400. The van der Waals surface area contributed by atoms with Crippen molar-refractivity contribution in [3.8, 4) is 0 Å². The van der Waals surface area contributed by atoms with Gasteiger partial charge in [-0.1, -0.05) is 20.8 Å². The summed E-state index contributed by atoms with van der Waals surface area (Å²) in [5.74, 6) is 2.19. The van der Waals surface area contributed by atoms with Gasteiger partial charge in [-0.25, -0.2) is 0 Å². The van der Waals surface area contributed by atoms with Crippen molar-refractivity contribution in [3.05, 3.63) is 0 Å². The highest BCUT2D eigenvalue weighted by molar-refractivity contribution is 8.00. The zero-order valence-electron chi connectivity index (χ0n) is 12.8. The van der Waals surface area contributed by atoms with Gasteiger partial charge < -0.3 is 5.32 Å². The first-order valence-electron chi connectivity index (χ1n) is 7.43. The van der Waals surface area contributed by atoms with E-state index in [4.69, 9.17) is 0 Å². The third-order valence-corrected chi connectivity index (χ3v) is 5.60. The van der Waals surface area contributed by atoms with Gasteiger partial charge in [-0.15, -0.1) is 0 Å². The zero-order valence-corrected chi connectivity index (χ0v) is 13.6. The Kier molecular flexibility index (Phi) is 4.35. The van der Waals surface area contributed by atoms with E-state index in [1.807, 2.05) is 0 Å². The van der Waals surface area contributed by atoms with E-state index in [9.17, 15) is 0 Å². The Morgan fingerprint density at radius 2 is 2.00 bits per heavy atom. The Hall–Kier alpha value is 0.270. The van der Waals surface area contributed by atoms with Crippen LogP contribution in [0.2, 0.25) is 0 Å². The average Bonchev–Trinajstić information content (AvgIpc) is 3.05. The lowest BCUT2D eigenvalue weighted by atomic mass is 9.91. The summed E-state index contributed by atoms with van der Waals surface area (Å²) in [6.07, 6.45) is 2.87. The molecule has 2 fully saturated rings. The van der Waals surface area contributed by atoms with Crippen LogP contribution in [0, 0.1) is 5.92 Å². The average molecular weight is 270 g/mol. The molecule has 106 valence electrons. The minimum absolute atomic E-state index is 0.388. The van der Waals surface area contributed by atoms with Gasteiger partial charge >= 0.3 is 0 Å². The molecule has 0 aromatic heterocycles. The van der Waals surface area contributed by atoms with E-state index in [0.29, 0.717) is 16.3 Å². The maximum absolute atomic E-state index is 3.80. The van der Waals surface area contributed by atoms with Gasteiger partial charge in [0, 0.05) is 41.7 Å². The second-order valence-electron chi connectivity index (χ2n) is 7.35. The van der Waals surface area contributed by atoms with Gasteiger partial charge in [0.15, 0.2) is 0 Å². The number of rotatable bonds is 4. The fraction of sp³-hybridized carbons (Fsp3) is 1.00. The van der Waals surface area contributed by atoms with Gasteiger partial charge in [0.1, 0.15) is 0 Å². The molecule has 2 nitrogen and oxygen atoms in total. The summed E-state index contributed by atoms with van der Waals surface area (Å²) in [6, 6.07) is 0.692. The molecule has 0 aromatic rings. The van der Waals surface area contributed by atoms with Crippen LogP contribution in [0.15, 0.2) is 0 Å². The standard InChI is InChI=1S/C15H30N2S/c1-12-10-16-15(5,13-6-7-13)11-17(12)8-9-18-14(2,3)4/h12-13,16H,6-11H2,1-5H3. The van der Waals surface area contributed by atoms with Crippen molar-refractivity contribution < 1.29 is 0 Å². The van der Waals surface area contributed by atoms with Crippen molar-refractivity contribution in [2.24, 2.45) is 5.92 Å². The van der Waals surface area contributed by atoms with Crippen molar-refractivity contribution in [2.45, 2.75) is 63.8 Å². The molecule has 2 unspecified atom stereocenters. The molecule has 3 heteroatoms. The molecule has 1 aliphatic carbocycles. The molecule has 1 heterocycles. The molecule has 2 atom stereocenters. The minimum atomic E-state index is 0.388. The summed E-state index contributed by atoms with van der Waals surface area (Å²) in [5.41, 5.74) is 0.388. The second kappa shape index (κ2) is 5.34. The number of nitrogens with zero attached hydrogens (tertiary/aromatic N) is 1. The number of hydrogen-bond donors (Lipinski definition) is 1. The summed E-state index contributed by atoms with van der Waals surface area (Å²) >= 11 is 2.09. The maximum Gasteiger partial charge on any atom is 0.0309 e. The summed E-state index contributed by atoms with van der Waals surface area (Å²) in [6.45, 7) is 15.4. The molecule has 18 heavy (non-hydrogen) atoms.